The first-order valence-electron chi connectivity index (χ1n) is 6.61. The maximum Gasteiger partial charge on any atom is 0.173 e. The molecule has 0 aliphatic carbocycles. The van der Waals surface area contributed by atoms with Gasteiger partial charge in [0.2, 0.25) is 0 Å². The Hall–Kier alpha value is -1.75. The van der Waals surface area contributed by atoms with Gasteiger partial charge in [0.25, 0.3) is 0 Å². The lowest BCUT2D eigenvalue weighted by Crippen LogP contribution is -2.29. The van der Waals surface area contributed by atoms with E-state index < -0.39 is 0 Å². The fraction of sp³-hybridized carbons (Fsp3) is 0.500. The molecule has 0 unspecified atom stereocenters. The van der Waals surface area contributed by atoms with Crippen LogP contribution < -0.4 is 10.5 Å². The summed E-state index contributed by atoms with van der Waals surface area (Å²) in [5.74, 6) is 0.714. The van der Waals surface area contributed by atoms with Crippen LogP contribution in [0.1, 0.15) is 30.4 Å². The molecule has 0 spiro atoms. The van der Waals surface area contributed by atoms with Gasteiger partial charge in [0.05, 0.1) is 12.7 Å². The Balaban J connectivity index is 2.14. The molecule has 1 aliphatic heterocycles. The second kappa shape index (κ2) is 6.43. The summed E-state index contributed by atoms with van der Waals surface area (Å²) in [4.78, 5) is 2.45. The molecule has 0 aromatic heterocycles. The van der Waals surface area contributed by atoms with Crippen LogP contribution >= 0.6 is 0 Å². The van der Waals surface area contributed by atoms with Crippen LogP contribution in [-0.2, 0) is 6.54 Å². The summed E-state index contributed by atoms with van der Waals surface area (Å²) in [6, 6.07) is 5.81. The second-order valence-corrected chi connectivity index (χ2v) is 4.86. The van der Waals surface area contributed by atoms with Crippen molar-refractivity contribution in [2.24, 2.45) is 10.9 Å². The number of benzene rings is 1. The Morgan fingerprint density at radius 3 is 2.74 bits per heavy atom. The molecule has 5 heteroatoms. The third-order valence-electron chi connectivity index (χ3n) is 3.50. The summed E-state index contributed by atoms with van der Waals surface area (Å²) in [5, 5.41) is 11.8. The summed E-state index contributed by atoms with van der Waals surface area (Å²) < 4.78 is 5.31. The third-order valence-corrected chi connectivity index (χ3v) is 3.50. The molecule has 0 atom stereocenters. The van der Waals surface area contributed by atoms with Crippen molar-refractivity contribution in [1.82, 2.24) is 4.90 Å². The Morgan fingerprint density at radius 1 is 1.37 bits per heavy atom. The Labute approximate surface area is 113 Å². The number of hydrogen-bond acceptors (Lipinski definition) is 4. The van der Waals surface area contributed by atoms with Crippen LogP contribution in [0.2, 0.25) is 0 Å². The molecule has 2 rings (SSSR count). The highest BCUT2D eigenvalue weighted by atomic mass is 16.5. The third kappa shape index (κ3) is 3.38. The number of methoxy groups -OCH3 is 1. The number of nitrogens with two attached hydrogens (primary N) is 1. The van der Waals surface area contributed by atoms with Gasteiger partial charge in [-0.3, -0.25) is 4.90 Å². The molecule has 104 valence electrons. The summed E-state index contributed by atoms with van der Waals surface area (Å²) >= 11 is 0. The maximum absolute atomic E-state index is 8.74. The molecule has 19 heavy (non-hydrogen) atoms. The molecule has 1 saturated heterocycles. The van der Waals surface area contributed by atoms with Gasteiger partial charge in [-0.15, -0.1) is 0 Å². The van der Waals surface area contributed by atoms with Gasteiger partial charge >= 0.3 is 0 Å². The Bertz CT molecular complexity index is 454. The number of oxime groups is 1. The fourth-order valence-corrected chi connectivity index (χ4v) is 2.48. The first kappa shape index (κ1) is 13.7. The van der Waals surface area contributed by atoms with Crippen LogP contribution in [0.5, 0.6) is 5.75 Å². The Morgan fingerprint density at radius 2 is 2.11 bits per heavy atom. The van der Waals surface area contributed by atoms with E-state index in [-0.39, 0.29) is 5.84 Å². The summed E-state index contributed by atoms with van der Waals surface area (Å²) in [7, 11) is 1.59. The van der Waals surface area contributed by atoms with Gasteiger partial charge in [0.15, 0.2) is 5.84 Å². The highest BCUT2D eigenvalue weighted by Crippen LogP contribution is 2.22. The van der Waals surface area contributed by atoms with E-state index in [1.165, 1.54) is 24.8 Å². The maximum atomic E-state index is 8.74. The van der Waals surface area contributed by atoms with Crippen molar-refractivity contribution >= 4 is 5.84 Å². The van der Waals surface area contributed by atoms with Gasteiger partial charge in [0, 0.05) is 6.54 Å². The number of ether oxygens (including phenoxy) is 1. The van der Waals surface area contributed by atoms with Crippen LogP contribution in [0, 0.1) is 0 Å². The molecule has 3 N–H and O–H groups in total. The number of amidine groups is 1. The minimum absolute atomic E-state index is 0.0707. The van der Waals surface area contributed by atoms with E-state index in [9.17, 15) is 0 Å². The lowest BCUT2D eigenvalue weighted by Gasteiger charge is -2.26. The highest BCUT2D eigenvalue weighted by molar-refractivity contribution is 5.99. The van der Waals surface area contributed by atoms with Gasteiger partial charge in [-0.25, -0.2) is 0 Å². The lowest BCUT2D eigenvalue weighted by atomic mass is 10.1. The van der Waals surface area contributed by atoms with Gasteiger partial charge in [-0.1, -0.05) is 17.6 Å². The zero-order chi connectivity index (χ0) is 13.7. The number of likely N-dealkylation sites (tertiary alicyclic amines) is 1. The first-order chi connectivity index (χ1) is 9.24. The minimum Gasteiger partial charge on any atom is -0.496 e. The standard InChI is InChI=1S/C14H21N3O2/c1-19-13-9-11(5-6-12(13)14(15)16-18)10-17-7-3-2-4-8-17/h5-6,9,18H,2-4,7-8,10H2,1H3,(H2,15,16). The first-order valence-corrected chi connectivity index (χ1v) is 6.61. The molecule has 0 radical (unpaired) electrons. The van der Waals surface area contributed by atoms with Crippen molar-refractivity contribution < 1.29 is 9.94 Å². The van der Waals surface area contributed by atoms with E-state index >= 15 is 0 Å². The van der Waals surface area contributed by atoms with Crippen molar-refractivity contribution in [1.29, 1.82) is 0 Å². The molecule has 5 nitrogen and oxygen atoms in total. The quantitative estimate of drug-likeness (QED) is 0.376. The van der Waals surface area contributed by atoms with Crippen LogP contribution in [0.15, 0.2) is 23.4 Å². The molecule has 1 fully saturated rings. The topological polar surface area (TPSA) is 71.1 Å². The second-order valence-electron chi connectivity index (χ2n) is 4.86. The van der Waals surface area contributed by atoms with Gasteiger partial charge in [-0.05, 0) is 43.6 Å². The van der Waals surface area contributed by atoms with Crippen LogP contribution in [0.4, 0.5) is 0 Å². The van der Waals surface area contributed by atoms with Crippen LogP contribution in [0.25, 0.3) is 0 Å². The highest BCUT2D eigenvalue weighted by Gasteiger charge is 2.13. The van der Waals surface area contributed by atoms with E-state index in [1.807, 2.05) is 18.2 Å². The normalized spacial score (nSPS) is 17.4. The SMILES string of the molecule is COc1cc(CN2CCCCC2)ccc1/C(N)=N/O. The van der Waals surface area contributed by atoms with Gasteiger partial charge in [0.1, 0.15) is 5.75 Å². The minimum atomic E-state index is 0.0707. The van der Waals surface area contributed by atoms with E-state index in [2.05, 4.69) is 10.1 Å². The molecule has 1 aliphatic rings. The smallest absolute Gasteiger partial charge is 0.173 e. The van der Waals surface area contributed by atoms with Crippen molar-refractivity contribution in [3.05, 3.63) is 29.3 Å². The molecular formula is C14H21N3O2. The van der Waals surface area contributed by atoms with Crippen molar-refractivity contribution in [2.75, 3.05) is 20.2 Å². The monoisotopic (exact) mass is 263 g/mol. The van der Waals surface area contributed by atoms with Gasteiger partial charge < -0.3 is 15.7 Å². The molecule has 1 aromatic carbocycles. The van der Waals surface area contributed by atoms with E-state index in [4.69, 9.17) is 15.7 Å². The summed E-state index contributed by atoms with van der Waals surface area (Å²) in [5.41, 5.74) is 7.42. The number of piperidine rings is 1. The summed E-state index contributed by atoms with van der Waals surface area (Å²) in [6.07, 6.45) is 3.89. The van der Waals surface area contributed by atoms with E-state index in [0.717, 1.165) is 19.6 Å². The zero-order valence-corrected chi connectivity index (χ0v) is 11.3. The fourth-order valence-electron chi connectivity index (χ4n) is 2.48. The predicted molar refractivity (Wildman–Crippen MR) is 74.6 cm³/mol. The average Bonchev–Trinajstić information content (AvgIpc) is 2.47. The van der Waals surface area contributed by atoms with E-state index in [1.54, 1.807) is 7.11 Å². The summed E-state index contributed by atoms with van der Waals surface area (Å²) in [6.45, 7) is 3.24. The molecule has 0 bridgehead atoms. The predicted octanol–water partition coefficient (Wildman–Crippen LogP) is 1.78. The van der Waals surface area contributed by atoms with Crippen LogP contribution in [0.3, 0.4) is 0 Å². The van der Waals surface area contributed by atoms with Gasteiger partial charge in [-0.2, -0.15) is 0 Å². The largest absolute Gasteiger partial charge is 0.496 e. The molecule has 0 saturated carbocycles. The zero-order valence-electron chi connectivity index (χ0n) is 11.3. The average molecular weight is 263 g/mol. The lowest BCUT2D eigenvalue weighted by molar-refractivity contribution is 0.220. The van der Waals surface area contributed by atoms with E-state index in [0.29, 0.717) is 11.3 Å². The molecule has 1 aromatic rings. The Kier molecular flexibility index (Phi) is 4.63. The van der Waals surface area contributed by atoms with Crippen molar-refractivity contribution in [3.63, 3.8) is 0 Å². The number of rotatable bonds is 4. The van der Waals surface area contributed by atoms with Crippen molar-refractivity contribution in [2.45, 2.75) is 25.8 Å². The van der Waals surface area contributed by atoms with Crippen molar-refractivity contribution in [3.8, 4) is 5.75 Å². The van der Waals surface area contributed by atoms with Crippen LogP contribution in [-0.4, -0.2) is 36.1 Å². The molecule has 0 amide bonds. The molecule has 1 heterocycles. The molecular weight excluding hydrogens is 242 g/mol. The number of hydrogen-bond donors (Lipinski definition) is 2. The number of nitrogens with zero attached hydrogens (tertiary/aromatic N) is 2.